The third-order valence-corrected chi connectivity index (χ3v) is 3.13. The highest BCUT2D eigenvalue weighted by atomic mass is 35.5. The summed E-state index contributed by atoms with van der Waals surface area (Å²) in [6, 6.07) is 6.58. The van der Waals surface area contributed by atoms with Crippen molar-refractivity contribution in [2.75, 3.05) is 26.8 Å². The SMILES string of the molecule is CCN(CCO)C(C(=O)OC)c1ccccc1Cl. The zero-order valence-corrected chi connectivity index (χ0v) is 11.4. The minimum Gasteiger partial charge on any atom is -0.468 e. The summed E-state index contributed by atoms with van der Waals surface area (Å²) in [7, 11) is 1.35. The normalized spacial score (nSPS) is 12.5. The number of hydrogen-bond donors (Lipinski definition) is 1. The average Bonchev–Trinajstić information content (AvgIpc) is 2.39. The van der Waals surface area contributed by atoms with E-state index in [1.54, 1.807) is 12.1 Å². The molecule has 0 fully saturated rings. The second-order valence-electron chi connectivity index (χ2n) is 3.80. The second-order valence-corrected chi connectivity index (χ2v) is 4.21. The summed E-state index contributed by atoms with van der Waals surface area (Å²) in [5, 5.41) is 9.58. The molecule has 18 heavy (non-hydrogen) atoms. The Labute approximate surface area is 112 Å². The molecule has 100 valence electrons. The number of esters is 1. The molecule has 1 unspecified atom stereocenters. The second kappa shape index (κ2) is 7.36. The van der Waals surface area contributed by atoms with Crippen LogP contribution in [0.4, 0.5) is 0 Å². The van der Waals surface area contributed by atoms with E-state index in [0.717, 1.165) is 0 Å². The minimum absolute atomic E-state index is 0.0220. The average molecular weight is 272 g/mol. The summed E-state index contributed by atoms with van der Waals surface area (Å²) >= 11 is 6.12. The van der Waals surface area contributed by atoms with Crippen molar-refractivity contribution in [3.63, 3.8) is 0 Å². The zero-order valence-electron chi connectivity index (χ0n) is 10.6. The molecule has 0 saturated heterocycles. The van der Waals surface area contributed by atoms with Crippen molar-refractivity contribution in [2.24, 2.45) is 0 Å². The number of aliphatic hydroxyl groups excluding tert-OH is 1. The Hall–Kier alpha value is -1.10. The number of rotatable bonds is 6. The number of carbonyl (C=O) groups excluding carboxylic acids is 1. The van der Waals surface area contributed by atoms with E-state index in [-0.39, 0.29) is 12.6 Å². The number of benzene rings is 1. The molecule has 0 aliphatic rings. The Morgan fingerprint density at radius 2 is 2.17 bits per heavy atom. The summed E-state index contributed by atoms with van der Waals surface area (Å²) in [6.07, 6.45) is 0. The molecule has 0 aromatic heterocycles. The van der Waals surface area contributed by atoms with E-state index in [2.05, 4.69) is 0 Å². The van der Waals surface area contributed by atoms with Gasteiger partial charge in [-0.25, -0.2) is 4.79 Å². The van der Waals surface area contributed by atoms with Crippen LogP contribution in [0.15, 0.2) is 24.3 Å². The smallest absolute Gasteiger partial charge is 0.327 e. The van der Waals surface area contributed by atoms with Crippen molar-refractivity contribution in [1.82, 2.24) is 4.90 Å². The summed E-state index contributed by atoms with van der Waals surface area (Å²) in [6.45, 7) is 2.90. The van der Waals surface area contributed by atoms with Gasteiger partial charge in [0.1, 0.15) is 6.04 Å². The van der Waals surface area contributed by atoms with Crippen LogP contribution in [-0.4, -0.2) is 42.8 Å². The van der Waals surface area contributed by atoms with E-state index < -0.39 is 6.04 Å². The molecular formula is C13H18ClNO3. The lowest BCUT2D eigenvalue weighted by molar-refractivity contribution is -0.147. The molecule has 5 heteroatoms. The van der Waals surface area contributed by atoms with Gasteiger partial charge in [-0.3, -0.25) is 4.90 Å². The van der Waals surface area contributed by atoms with Crippen LogP contribution in [0.3, 0.4) is 0 Å². The maximum atomic E-state index is 11.9. The molecule has 0 saturated carbocycles. The minimum atomic E-state index is -0.583. The molecule has 0 aliphatic carbocycles. The third-order valence-electron chi connectivity index (χ3n) is 2.78. The van der Waals surface area contributed by atoms with Crippen molar-refractivity contribution in [3.05, 3.63) is 34.9 Å². The van der Waals surface area contributed by atoms with E-state index in [1.807, 2.05) is 24.0 Å². The number of carbonyl (C=O) groups is 1. The molecule has 1 N–H and O–H groups in total. The van der Waals surface area contributed by atoms with Gasteiger partial charge >= 0.3 is 5.97 Å². The molecule has 0 spiro atoms. The van der Waals surface area contributed by atoms with E-state index in [9.17, 15) is 4.79 Å². The Morgan fingerprint density at radius 3 is 2.67 bits per heavy atom. The molecule has 1 atom stereocenters. The van der Waals surface area contributed by atoms with E-state index in [4.69, 9.17) is 21.4 Å². The van der Waals surface area contributed by atoms with Crippen molar-refractivity contribution >= 4 is 17.6 Å². The number of ether oxygens (including phenoxy) is 1. The van der Waals surface area contributed by atoms with Crippen LogP contribution < -0.4 is 0 Å². The van der Waals surface area contributed by atoms with E-state index in [0.29, 0.717) is 23.7 Å². The molecule has 0 amide bonds. The van der Waals surface area contributed by atoms with Gasteiger partial charge in [-0.05, 0) is 18.2 Å². The summed E-state index contributed by atoms with van der Waals surface area (Å²) < 4.78 is 4.83. The van der Waals surface area contributed by atoms with Crippen LogP contribution in [0.1, 0.15) is 18.5 Å². The molecule has 0 aliphatic heterocycles. The number of hydrogen-bond acceptors (Lipinski definition) is 4. The number of likely N-dealkylation sites (N-methyl/N-ethyl adjacent to an activating group) is 1. The van der Waals surface area contributed by atoms with Crippen LogP contribution >= 0.6 is 11.6 Å². The van der Waals surface area contributed by atoms with Crippen LogP contribution in [-0.2, 0) is 9.53 Å². The van der Waals surface area contributed by atoms with Gasteiger partial charge in [0.05, 0.1) is 13.7 Å². The standard InChI is InChI=1S/C13H18ClNO3/c1-3-15(8-9-16)12(13(17)18-2)10-6-4-5-7-11(10)14/h4-7,12,16H,3,8-9H2,1-2H3. The van der Waals surface area contributed by atoms with Crippen LogP contribution in [0.25, 0.3) is 0 Å². The number of aliphatic hydroxyl groups is 1. The first kappa shape index (κ1) is 15.0. The highest BCUT2D eigenvalue weighted by Gasteiger charge is 2.28. The van der Waals surface area contributed by atoms with Gasteiger partial charge < -0.3 is 9.84 Å². The highest BCUT2D eigenvalue weighted by Crippen LogP contribution is 2.28. The van der Waals surface area contributed by atoms with E-state index >= 15 is 0 Å². The van der Waals surface area contributed by atoms with Gasteiger partial charge in [-0.2, -0.15) is 0 Å². The van der Waals surface area contributed by atoms with Crippen LogP contribution in [0.2, 0.25) is 5.02 Å². The summed E-state index contributed by atoms with van der Waals surface area (Å²) in [5.41, 5.74) is 0.696. The fourth-order valence-corrected chi connectivity index (χ4v) is 2.12. The topological polar surface area (TPSA) is 49.8 Å². The summed E-state index contributed by atoms with van der Waals surface area (Å²) in [4.78, 5) is 13.8. The van der Waals surface area contributed by atoms with Crippen molar-refractivity contribution in [1.29, 1.82) is 0 Å². The van der Waals surface area contributed by atoms with Gasteiger partial charge in [0, 0.05) is 11.6 Å². The van der Waals surface area contributed by atoms with Gasteiger partial charge in [-0.1, -0.05) is 36.7 Å². The van der Waals surface area contributed by atoms with Crippen LogP contribution in [0, 0.1) is 0 Å². The first-order valence-electron chi connectivity index (χ1n) is 5.82. The fourth-order valence-electron chi connectivity index (χ4n) is 1.88. The molecular weight excluding hydrogens is 254 g/mol. The molecule has 0 heterocycles. The van der Waals surface area contributed by atoms with Crippen molar-refractivity contribution in [3.8, 4) is 0 Å². The Bertz CT molecular complexity index is 398. The Balaban J connectivity index is 3.12. The number of halogens is 1. The fraction of sp³-hybridized carbons (Fsp3) is 0.462. The van der Waals surface area contributed by atoms with Crippen molar-refractivity contribution < 1.29 is 14.6 Å². The van der Waals surface area contributed by atoms with Crippen molar-refractivity contribution in [2.45, 2.75) is 13.0 Å². The molecule has 1 rings (SSSR count). The molecule has 0 bridgehead atoms. The molecule has 1 aromatic rings. The maximum absolute atomic E-state index is 11.9. The van der Waals surface area contributed by atoms with Crippen LogP contribution in [0.5, 0.6) is 0 Å². The Kier molecular flexibility index (Phi) is 6.12. The van der Waals surface area contributed by atoms with Gasteiger partial charge in [0.15, 0.2) is 0 Å². The lowest BCUT2D eigenvalue weighted by atomic mass is 10.1. The lowest BCUT2D eigenvalue weighted by Gasteiger charge is -2.28. The van der Waals surface area contributed by atoms with Gasteiger partial charge in [0.2, 0.25) is 0 Å². The van der Waals surface area contributed by atoms with Gasteiger partial charge in [0.25, 0.3) is 0 Å². The number of methoxy groups -OCH3 is 1. The third kappa shape index (κ3) is 3.45. The first-order valence-corrected chi connectivity index (χ1v) is 6.20. The zero-order chi connectivity index (χ0) is 13.5. The molecule has 0 radical (unpaired) electrons. The predicted molar refractivity (Wildman–Crippen MR) is 70.5 cm³/mol. The first-order chi connectivity index (χ1) is 8.65. The number of nitrogens with zero attached hydrogens (tertiary/aromatic N) is 1. The molecule has 1 aromatic carbocycles. The predicted octanol–water partition coefficient (Wildman–Crippen LogP) is 1.87. The highest BCUT2D eigenvalue weighted by molar-refractivity contribution is 6.31. The maximum Gasteiger partial charge on any atom is 0.327 e. The van der Waals surface area contributed by atoms with Gasteiger partial charge in [-0.15, -0.1) is 0 Å². The summed E-state index contributed by atoms with van der Waals surface area (Å²) in [5.74, 6) is -0.376. The quantitative estimate of drug-likeness (QED) is 0.803. The monoisotopic (exact) mass is 271 g/mol. The molecule has 4 nitrogen and oxygen atoms in total. The lowest BCUT2D eigenvalue weighted by Crippen LogP contribution is -2.36. The van der Waals surface area contributed by atoms with E-state index in [1.165, 1.54) is 7.11 Å². The Morgan fingerprint density at radius 1 is 1.50 bits per heavy atom. The largest absolute Gasteiger partial charge is 0.468 e.